The Morgan fingerprint density at radius 3 is 2.52 bits per heavy atom. The lowest BCUT2D eigenvalue weighted by Gasteiger charge is -2.08. The third-order valence-corrected chi connectivity index (χ3v) is 4.20. The van der Waals surface area contributed by atoms with Crippen molar-refractivity contribution in [1.29, 1.82) is 0 Å². The molecule has 0 aliphatic carbocycles. The Labute approximate surface area is 155 Å². The van der Waals surface area contributed by atoms with Gasteiger partial charge in [0, 0.05) is 11.8 Å². The molecule has 7 nitrogen and oxygen atoms in total. The summed E-state index contributed by atoms with van der Waals surface area (Å²) in [7, 11) is 2.74. The van der Waals surface area contributed by atoms with E-state index in [1.807, 2.05) is 54.7 Å². The van der Waals surface area contributed by atoms with E-state index in [9.17, 15) is 4.79 Å². The van der Waals surface area contributed by atoms with Crippen LogP contribution in [0.1, 0.15) is 10.4 Å². The van der Waals surface area contributed by atoms with Gasteiger partial charge in [0.15, 0.2) is 0 Å². The van der Waals surface area contributed by atoms with Crippen molar-refractivity contribution in [3.05, 3.63) is 66.4 Å². The van der Waals surface area contributed by atoms with Crippen molar-refractivity contribution in [2.75, 3.05) is 14.2 Å². The molecule has 134 valence electrons. The number of ether oxygens (including phenoxy) is 2. The van der Waals surface area contributed by atoms with Gasteiger partial charge in [0.1, 0.15) is 11.3 Å². The van der Waals surface area contributed by atoms with Crippen molar-refractivity contribution in [3.63, 3.8) is 0 Å². The number of aromatic nitrogens is 4. The van der Waals surface area contributed by atoms with Crippen LogP contribution in [0.25, 0.3) is 28.0 Å². The van der Waals surface area contributed by atoms with Gasteiger partial charge in [-0.25, -0.2) is 9.31 Å². The summed E-state index contributed by atoms with van der Waals surface area (Å²) in [5.74, 6) is -0.427. The van der Waals surface area contributed by atoms with Crippen molar-refractivity contribution >= 4 is 11.5 Å². The van der Waals surface area contributed by atoms with Crippen LogP contribution in [0.15, 0.2) is 60.8 Å². The number of esters is 1. The Morgan fingerprint density at radius 1 is 1.00 bits per heavy atom. The largest absolute Gasteiger partial charge is 0.479 e. The zero-order chi connectivity index (χ0) is 18.8. The zero-order valence-corrected chi connectivity index (χ0v) is 14.8. The van der Waals surface area contributed by atoms with E-state index in [1.54, 1.807) is 10.6 Å². The number of nitrogens with zero attached hydrogens (tertiary/aromatic N) is 4. The van der Waals surface area contributed by atoms with Gasteiger partial charge in [-0.1, -0.05) is 36.4 Å². The van der Waals surface area contributed by atoms with E-state index < -0.39 is 5.97 Å². The number of pyridine rings is 1. The molecular weight excluding hydrogens is 344 g/mol. The topological polar surface area (TPSA) is 78.6 Å². The van der Waals surface area contributed by atoms with Gasteiger partial charge in [0.05, 0.1) is 31.0 Å². The van der Waals surface area contributed by atoms with Crippen molar-refractivity contribution in [3.8, 4) is 28.4 Å². The standard InChI is InChI=1S/C20H16N4O3/c1-26-19-14(20(25)27-2)12-15(21-22-19)17-16-10-6-7-11-24(16)23-18(17)13-8-4-3-5-9-13/h3-12H,1-2H3. The van der Waals surface area contributed by atoms with Crippen LogP contribution in [-0.2, 0) is 4.74 Å². The van der Waals surface area contributed by atoms with Gasteiger partial charge in [0.25, 0.3) is 0 Å². The molecule has 1 aromatic carbocycles. The molecule has 3 aromatic heterocycles. The summed E-state index contributed by atoms with van der Waals surface area (Å²) < 4.78 is 11.8. The van der Waals surface area contributed by atoms with Gasteiger partial charge in [-0.2, -0.15) is 5.10 Å². The first-order valence-corrected chi connectivity index (χ1v) is 8.26. The maximum Gasteiger partial charge on any atom is 0.343 e. The number of carbonyl (C=O) groups is 1. The Bertz CT molecular complexity index is 1120. The summed E-state index contributed by atoms with van der Waals surface area (Å²) in [5, 5.41) is 13.0. The molecule has 4 aromatic rings. The van der Waals surface area contributed by atoms with Gasteiger partial charge < -0.3 is 9.47 Å². The molecule has 0 fully saturated rings. The highest BCUT2D eigenvalue weighted by atomic mass is 16.5. The minimum Gasteiger partial charge on any atom is -0.479 e. The molecule has 0 spiro atoms. The van der Waals surface area contributed by atoms with E-state index in [0.29, 0.717) is 5.69 Å². The fourth-order valence-corrected chi connectivity index (χ4v) is 2.96. The van der Waals surface area contributed by atoms with Gasteiger partial charge in [0.2, 0.25) is 5.88 Å². The molecule has 0 saturated heterocycles. The predicted molar refractivity (Wildman–Crippen MR) is 99.5 cm³/mol. The molecule has 0 saturated carbocycles. The van der Waals surface area contributed by atoms with E-state index in [4.69, 9.17) is 14.6 Å². The zero-order valence-electron chi connectivity index (χ0n) is 14.8. The Balaban J connectivity index is 2.00. The summed E-state index contributed by atoms with van der Waals surface area (Å²) in [4.78, 5) is 12.1. The third kappa shape index (κ3) is 2.89. The molecule has 0 amide bonds. The van der Waals surface area contributed by atoms with Crippen LogP contribution in [-0.4, -0.2) is 40.0 Å². The highest BCUT2D eigenvalue weighted by molar-refractivity contribution is 5.96. The van der Waals surface area contributed by atoms with Crippen LogP contribution in [0.5, 0.6) is 5.88 Å². The second-order valence-corrected chi connectivity index (χ2v) is 5.76. The second kappa shape index (κ2) is 6.87. The summed E-state index contributed by atoms with van der Waals surface area (Å²) in [5.41, 5.74) is 4.04. The fourth-order valence-electron chi connectivity index (χ4n) is 2.96. The predicted octanol–water partition coefficient (Wildman–Crippen LogP) is 3.25. The molecule has 0 atom stereocenters. The molecule has 0 bridgehead atoms. The van der Waals surface area contributed by atoms with Crippen LogP contribution in [0.3, 0.4) is 0 Å². The maximum absolute atomic E-state index is 12.1. The van der Waals surface area contributed by atoms with E-state index >= 15 is 0 Å². The molecule has 0 unspecified atom stereocenters. The highest BCUT2D eigenvalue weighted by Crippen LogP contribution is 2.35. The Kier molecular flexibility index (Phi) is 4.25. The normalized spacial score (nSPS) is 10.7. The lowest BCUT2D eigenvalue weighted by molar-refractivity contribution is 0.0596. The number of carbonyl (C=O) groups excluding carboxylic acids is 1. The number of methoxy groups -OCH3 is 2. The van der Waals surface area contributed by atoms with Gasteiger partial charge in [-0.05, 0) is 18.2 Å². The smallest absolute Gasteiger partial charge is 0.343 e. The average Bonchev–Trinajstić information content (AvgIpc) is 3.13. The SMILES string of the molecule is COC(=O)c1cc(-c2c(-c3ccccc3)nn3ccccc23)nnc1OC. The lowest BCUT2D eigenvalue weighted by atomic mass is 10.0. The molecule has 4 rings (SSSR count). The van der Waals surface area contributed by atoms with Crippen molar-refractivity contribution in [1.82, 2.24) is 19.8 Å². The number of benzene rings is 1. The van der Waals surface area contributed by atoms with Gasteiger partial charge in [-0.15, -0.1) is 10.2 Å². The second-order valence-electron chi connectivity index (χ2n) is 5.76. The van der Waals surface area contributed by atoms with Crippen molar-refractivity contribution < 1.29 is 14.3 Å². The highest BCUT2D eigenvalue weighted by Gasteiger charge is 2.22. The summed E-state index contributed by atoms with van der Waals surface area (Å²) in [6, 6.07) is 17.2. The maximum atomic E-state index is 12.1. The summed E-state index contributed by atoms with van der Waals surface area (Å²) >= 11 is 0. The average molecular weight is 360 g/mol. The van der Waals surface area contributed by atoms with Gasteiger partial charge in [-0.3, -0.25) is 0 Å². The summed E-state index contributed by atoms with van der Waals surface area (Å²) in [6.45, 7) is 0. The molecule has 0 aliphatic rings. The van der Waals surface area contributed by atoms with Crippen LogP contribution < -0.4 is 4.74 Å². The van der Waals surface area contributed by atoms with Gasteiger partial charge >= 0.3 is 5.97 Å². The fraction of sp³-hybridized carbons (Fsp3) is 0.100. The third-order valence-electron chi connectivity index (χ3n) is 4.20. The first-order valence-electron chi connectivity index (χ1n) is 8.26. The Morgan fingerprint density at radius 2 is 1.78 bits per heavy atom. The van der Waals surface area contributed by atoms with Crippen molar-refractivity contribution in [2.45, 2.75) is 0 Å². The van der Waals surface area contributed by atoms with Crippen LogP contribution in [0.4, 0.5) is 0 Å². The molecule has 0 N–H and O–H groups in total. The number of fused-ring (bicyclic) bond motifs is 1. The molecule has 0 radical (unpaired) electrons. The quantitative estimate of drug-likeness (QED) is 0.520. The number of hydrogen-bond donors (Lipinski definition) is 0. The van der Waals surface area contributed by atoms with E-state index in [2.05, 4.69) is 10.2 Å². The molecular formula is C20H16N4O3. The summed E-state index contributed by atoms with van der Waals surface area (Å²) in [6.07, 6.45) is 1.86. The van der Waals surface area contributed by atoms with E-state index in [1.165, 1.54) is 14.2 Å². The lowest BCUT2D eigenvalue weighted by Crippen LogP contribution is -2.07. The van der Waals surface area contributed by atoms with E-state index in [0.717, 1.165) is 22.3 Å². The number of rotatable bonds is 4. The van der Waals surface area contributed by atoms with Crippen LogP contribution in [0, 0.1) is 0 Å². The Hall–Kier alpha value is -3.74. The minimum atomic E-state index is -0.541. The first kappa shape index (κ1) is 16.7. The number of hydrogen-bond acceptors (Lipinski definition) is 6. The van der Waals surface area contributed by atoms with Crippen molar-refractivity contribution in [2.24, 2.45) is 0 Å². The first-order chi connectivity index (χ1) is 13.2. The van der Waals surface area contributed by atoms with E-state index in [-0.39, 0.29) is 11.4 Å². The molecule has 0 aliphatic heterocycles. The monoisotopic (exact) mass is 360 g/mol. The molecule has 3 heterocycles. The molecule has 27 heavy (non-hydrogen) atoms. The van der Waals surface area contributed by atoms with Crippen LogP contribution >= 0.6 is 0 Å². The minimum absolute atomic E-state index is 0.114. The molecule has 7 heteroatoms. The van der Waals surface area contributed by atoms with Crippen LogP contribution in [0.2, 0.25) is 0 Å².